The van der Waals surface area contributed by atoms with Crippen LogP contribution in [0.1, 0.15) is 5.56 Å². The molecule has 2 aromatic carbocycles. The summed E-state index contributed by atoms with van der Waals surface area (Å²) in [5, 5.41) is 0. The second-order valence-electron chi connectivity index (χ2n) is 4.96. The molecular weight excluding hydrogens is 314 g/mol. The molecule has 0 bridgehead atoms. The van der Waals surface area contributed by atoms with Gasteiger partial charge in [0.2, 0.25) is 5.88 Å². The van der Waals surface area contributed by atoms with Gasteiger partial charge in [-0.1, -0.05) is 24.8 Å². The Balaban J connectivity index is 2.16. The monoisotopic (exact) mass is 328 g/mol. The quantitative estimate of drug-likeness (QED) is 0.689. The molecule has 0 N–H and O–H groups in total. The van der Waals surface area contributed by atoms with Crippen molar-refractivity contribution in [2.75, 3.05) is 7.11 Å². The summed E-state index contributed by atoms with van der Waals surface area (Å²) >= 11 is 0. The van der Waals surface area contributed by atoms with Gasteiger partial charge in [-0.3, -0.25) is 0 Å². The number of ether oxygens (including phenoxy) is 2. The molecule has 0 saturated heterocycles. The van der Waals surface area contributed by atoms with Gasteiger partial charge in [0.15, 0.2) is 0 Å². The molecular formula is C18H14F2N2O2. The van der Waals surface area contributed by atoms with Gasteiger partial charge in [-0.25, -0.2) is 9.97 Å². The largest absolute Gasteiger partial charge is 0.497 e. The van der Waals surface area contributed by atoms with Crippen LogP contribution in [0.15, 0.2) is 49.2 Å². The number of nitrogens with zero attached hydrogens (tertiary/aromatic N) is 2. The van der Waals surface area contributed by atoms with E-state index in [1.165, 1.54) is 6.20 Å². The van der Waals surface area contributed by atoms with Gasteiger partial charge in [0, 0.05) is 5.56 Å². The molecule has 0 aliphatic carbocycles. The second kappa shape index (κ2) is 6.62. The molecule has 0 spiro atoms. The van der Waals surface area contributed by atoms with Gasteiger partial charge in [0.25, 0.3) is 0 Å². The molecule has 0 saturated carbocycles. The molecule has 0 amide bonds. The number of hydrogen-bond acceptors (Lipinski definition) is 4. The van der Waals surface area contributed by atoms with Gasteiger partial charge in [0.05, 0.1) is 24.3 Å². The lowest BCUT2D eigenvalue weighted by Crippen LogP contribution is -2.04. The van der Waals surface area contributed by atoms with E-state index in [0.29, 0.717) is 11.0 Å². The molecule has 0 atom stereocenters. The number of hydrogen-bond donors (Lipinski definition) is 0. The Bertz CT molecular complexity index is 880. The van der Waals surface area contributed by atoms with Crippen LogP contribution >= 0.6 is 0 Å². The van der Waals surface area contributed by atoms with Crippen LogP contribution in [0, 0.1) is 0 Å². The highest BCUT2D eigenvalue weighted by atomic mass is 19.3. The predicted octanol–water partition coefficient (Wildman–Crippen LogP) is 4.55. The van der Waals surface area contributed by atoms with Crippen molar-refractivity contribution in [1.29, 1.82) is 0 Å². The van der Waals surface area contributed by atoms with Crippen LogP contribution in [-0.4, -0.2) is 23.7 Å². The zero-order chi connectivity index (χ0) is 17.1. The van der Waals surface area contributed by atoms with Crippen molar-refractivity contribution in [3.05, 3.63) is 54.7 Å². The first kappa shape index (κ1) is 15.9. The number of alkyl halides is 2. The lowest BCUT2D eigenvalue weighted by Gasteiger charge is -2.10. The molecule has 0 aliphatic rings. The molecule has 1 heterocycles. The third kappa shape index (κ3) is 3.17. The first-order chi connectivity index (χ1) is 11.6. The van der Waals surface area contributed by atoms with Gasteiger partial charge in [-0.2, -0.15) is 8.78 Å². The standard InChI is InChI=1S/C18H14F2N2O2/c1-3-11-8-14(12-4-6-13(23-2)7-5-12)17-15(9-11)22-16(10-21-17)24-18(19)20/h3-10,18H,1H2,2H3. The van der Waals surface area contributed by atoms with E-state index >= 15 is 0 Å². The average Bonchev–Trinajstić information content (AvgIpc) is 2.60. The van der Waals surface area contributed by atoms with Crippen molar-refractivity contribution in [1.82, 2.24) is 9.97 Å². The van der Waals surface area contributed by atoms with E-state index in [2.05, 4.69) is 21.3 Å². The number of aromatic nitrogens is 2. The maximum absolute atomic E-state index is 12.4. The van der Waals surface area contributed by atoms with Gasteiger partial charge < -0.3 is 9.47 Å². The maximum Gasteiger partial charge on any atom is 0.388 e. The third-order valence-corrected chi connectivity index (χ3v) is 3.49. The summed E-state index contributed by atoms with van der Waals surface area (Å²) in [5.41, 5.74) is 3.57. The highest BCUT2D eigenvalue weighted by Crippen LogP contribution is 2.30. The summed E-state index contributed by atoms with van der Waals surface area (Å²) in [6.07, 6.45) is 2.85. The topological polar surface area (TPSA) is 44.2 Å². The van der Waals surface area contributed by atoms with Crippen LogP contribution in [0.25, 0.3) is 28.2 Å². The third-order valence-electron chi connectivity index (χ3n) is 3.49. The molecule has 24 heavy (non-hydrogen) atoms. The van der Waals surface area contributed by atoms with E-state index in [1.54, 1.807) is 19.3 Å². The fourth-order valence-corrected chi connectivity index (χ4v) is 2.39. The maximum atomic E-state index is 12.4. The Kier molecular flexibility index (Phi) is 4.37. The fourth-order valence-electron chi connectivity index (χ4n) is 2.39. The number of halogens is 2. The van der Waals surface area contributed by atoms with E-state index in [9.17, 15) is 8.78 Å². The fraction of sp³-hybridized carbons (Fsp3) is 0.111. The number of fused-ring (bicyclic) bond motifs is 1. The van der Waals surface area contributed by atoms with Crippen molar-refractivity contribution >= 4 is 17.1 Å². The van der Waals surface area contributed by atoms with Gasteiger partial charge in [0.1, 0.15) is 5.75 Å². The molecule has 0 aliphatic heterocycles. The smallest absolute Gasteiger partial charge is 0.388 e. The van der Waals surface area contributed by atoms with Crippen LogP contribution in [0.5, 0.6) is 11.6 Å². The highest BCUT2D eigenvalue weighted by molar-refractivity contribution is 5.93. The van der Waals surface area contributed by atoms with E-state index < -0.39 is 6.61 Å². The minimum Gasteiger partial charge on any atom is -0.497 e. The molecule has 0 radical (unpaired) electrons. The van der Waals surface area contributed by atoms with Crippen molar-refractivity contribution in [2.45, 2.75) is 6.61 Å². The Morgan fingerprint density at radius 1 is 1.17 bits per heavy atom. The van der Waals surface area contributed by atoms with Gasteiger partial charge in [-0.05, 0) is 35.4 Å². The highest BCUT2D eigenvalue weighted by Gasteiger charge is 2.12. The Hall–Kier alpha value is -3.02. The van der Waals surface area contributed by atoms with Crippen LogP contribution in [0.3, 0.4) is 0 Å². The minimum absolute atomic E-state index is 0.223. The zero-order valence-electron chi connectivity index (χ0n) is 12.9. The normalized spacial score (nSPS) is 10.8. The van der Waals surface area contributed by atoms with Crippen LogP contribution < -0.4 is 9.47 Å². The van der Waals surface area contributed by atoms with E-state index in [4.69, 9.17) is 4.74 Å². The Labute approximate surface area is 137 Å². The van der Waals surface area contributed by atoms with E-state index in [-0.39, 0.29) is 5.88 Å². The Morgan fingerprint density at radius 2 is 1.92 bits per heavy atom. The molecule has 3 aromatic rings. The molecule has 3 rings (SSSR count). The van der Waals surface area contributed by atoms with E-state index in [1.807, 2.05) is 30.3 Å². The number of rotatable bonds is 5. The van der Waals surface area contributed by atoms with Crippen molar-refractivity contribution in [3.8, 4) is 22.8 Å². The SMILES string of the molecule is C=Cc1cc(-c2ccc(OC)cc2)c2ncc(OC(F)F)nc2c1. The van der Waals surface area contributed by atoms with E-state index in [0.717, 1.165) is 22.4 Å². The van der Waals surface area contributed by atoms with Crippen LogP contribution in [-0.2, 0) is 0 Å². The summed E-state index contributed by atoms with van der Waals surface area (Å²) in [6.45, 7) is 0.807. The lowest BCUT2D eigenvalue weighted by molar-refractivity contribution is -0.0528. The molecule has 1 aromatic heterocycles. The van der Waals surface area contributed by atoms with Gasteiger partial charge in [-0.15, -0.1) is 0 Å². The van der Waals surface area contributed by atoms with Crippen LogP contribution in [0.2, 0.25) is 0 Å². The molecule has 6 heteroatoms. The lowest BCUT2D eigenvalue weighted by atomic mass is 10.0. The van der Waals surface area contributed by atoms with Crippen molar-refractivity contribution in [2.24, 2.45) is 0 Å². The summed E-state index contributed by atoms with van der Waals surface area (Å²) in [5.74, 6) is 0.515. The second-order valence-corrected chi connectivity index (χ2v) is 4.96. The minimum atomic E-state index is -2.94. The Morgan fingerprint density at radius 3 is 2.54 bits per heavy atom. The molecule has 4 nitrogen and oxygen atoms in total. The predicted molar refractivity (Wildman–Crippen MR) is 88.2 cm³/mol. The van der Waals surface area contributed by atoms with Crippen molar-refractivity contribution in [3.63, 3.8) is 0 Å². The first-order valence-electron chi connectivity index (χ1n) is 7.13. The molecule has 0 fully saturated rings. The van der Waals surface area contributed by atoms with Crippen molar-refractivity contribution < 1.29 is 18.3 Å². The zero-order valence-corrected chi connectivity index (χ0v) is 12.9. The summed E-state index contributed by atoms with van der Waals surface area (Å²) < 4.78 is 34.2. The summed E-state index contributed by atoms with van der Waals surface area (Å²) in [6, 6.07) is 11.1. The average molecular weight is 328 g/mol. The molecule has 0 unspecified atom stereocenters. The first-order valence-corrected chi connectivity index (χ1v) is 7.13. The molecule has 122 valence electrons. The summed E-state index contributed by atoms with van der Waals surface area (Å²) in [7, 11) is 1.60. The van der Waals surface area contributed by atoms with Crippen LogP contribution in [0.4, 0.5) is 8.78 Å². The van der Waals surface area contributed by atoms with Gasteiger partial charge >= 0.3 is 6.61 Å². The summed E-state index contributed by atoms with van der Waals surface area (Å²) in [4.78, 5) is 8.35. The number of benzene rings is 2. The number of methoxy groups -OCH3 is 1.